The molecular weight excluding hydrogens is 108 g/mol. The maximum atomic E-state index is 4.87. The second-order valence-corrected chi connectivity index (χ2v) is 1.59. The van der Waals surface area contributed by atoms with Gasteiger partial charge >= 0.3 is 0 Å². The molecule has 1 saturated heterocycles. The molecule has 1 fully saturated rings. The van der Waals surface area contributed by atoms with Gasteiger partial charge in [-0.25, -0.2) is 0 Å². The molecule has 1 N–H and O–H groups in total. The number of rotatable bonds is 1. The minimum Gasteiger partial charge on any atom is -0.364 e. The van der Waals surface area contributed by atoms with E-state index < -0.39 is 0 Å². The van der Waals surface area contributed by atoms with Crippen LogP contribution in [-0.2, 0) is 4.74 Å². The Morgan fingerprint density at radius 1 is 1.75 bits per heavy atom. The van der Waals surface area contributed by atoms with E-state index in [-0.39, 0.29) is 6.10 Å². The Balaban J connectivity index is 2.28. The van der Waals surface area contributed by atoms with Gasteiger partial charge in [0, 0.05) is 0 Å². The van der Waals surface area contributed by atoms with Crippen LogP contribution < -0.4 is 0 Å². The first-order chi connectivity index (χ1) is 3.97. The molecule has 2 heterocycles. The third-order valence-electron chi connectivity index (χ3n) is 0.983. The largest absolute Gasteiger partial charge is 0.364 e. The number of nitrogens with zero attached hydrogens (tertiary/aromatic N) is 3. The van der Waals surface area contributed by atoms with Gasteiger partial charge in [-0.3, -0.25) is 0 Å². The predicted octanol–water partition coefficient (Wildman–Crippen LogP) is -0.729. The molecule has 0 unspecified atom stereocenters. The Kier molecular flexibility index (Phi) is 0.621. The van der Waals surface area contributed by atoms with E-state index in [1.807, 2.05) is 0 Å². The van der Waals surface area contributed by atoms with Gasteiger partial charge < -0.3 is 4.74 Å². The Morgan fingerprint density at radius 3 is 3.12 bits per heavy atom. The van der Waals surface area contributed by atoms with E-state index in [1.165, 1.54) is 0 Å². The van der Waals surface area contributed by atoms with Crippen LogP contribution in [-0.4, -0.2) is 27.2 Å². The molecule has 42 valence electrons. The van der Waals surface area contributed by atoms with Gasteiger partial charge in [-0.05, 0) is 0 Å². The monoisotopic (exact) mass is 112 g/mol. The SMILES string of the molecule is C1O[C@@H]1c1nn[nH]n1. The van der Waals surface area contributed by atoms with Crippen molar-refractivity contribution in [1.82, 2.24) is 20.6 Å². The number of nitrogens with one attached hydrogen (secondary N) is 1. The van der Waals surface area contributed by atoms with Crippen LogP contribution in [0.25, 0.3) is 0 Å². The van der Waals surface area contributed by atoms with Crippen LogP contribution in [0.1, 0.15) is 11.9 Å². The Hall–Kier alpha value is -0.970. The molecule has 5 nitrogen and oxygen atoms in total. The maximum Gasteiger partial charge on any atom is 0.205 e. The van der Waals surface area contributed by atoms with Crippen molar-refractivity contribution in [2.24, 2.45) is 0 Å². The molecule has 0 aliphatic carbocycles. The van der Waals surface area contributed by atoms with Gasteiger partial charge in [-0.15, -0.1) is 10.2 Å². The van der Waals surface area contributed by atoms with Crippen LogP contribution in [0.15, 0.2) is 0 Å². The summed E-state index contributed by atoms with van der Waals surface area (Å²) < 4.78 is 4.87. The van der Waals surface area contributed by atoms with E-state index >= 15 is 0 Å². The highest BCUT2D eigenvalue weighted by atomic mass is 16.6. The fraction of sp³-hybridized carbons (Fsp3) is 0.667. The average molecular weight is 112 g/mol. The van der Waals surface area contributed by atoms with Crippen molar-refractivity contribution in [3.8, 4) is 0 Å². The van der Waals surface area contributed by atoms with Gasteiger partial charge in [0.2, 0.25) is 5.82 Å². The van der Waals surface area contributed by atoms with Crippen molar-refractivity contribution in [3.63, 3.8) is 0 Å². The van der Waals surface area contributed by atoms with Crippen molar-refractivity contribution in [3.05, 3.63) is 5.82 Å². The van der Waals surface area contributed by atoms with E-state index in [0.717, 1.165) is 6.61 Å². The number of epoxide rings is 1. The summed E-state index contributed by atoms with van der Waals surface area (Å²) in [5, 5.41) is 13.1. The lowest BCUT2D eigenvalue weighted by Crippen LogP contribution is -1.81. The van der Waals surface area contributed by atoms with E-state index in [1.54, 1.807) is 0 Å². The number of aromatic nitrogens is 4. The number of hydrogen-bond donors (Lipinski definition) is 1. The zero-order valence-electron chi connectivity index (χ0n) is 4.03. The summed E-state index contributed by atoms with van der Waals surface area (Å²) in [4.78, 5) is 0. The van der Waals surface area contributed by atoms with Crippen molar-refractivity contribution in [1.29, 1.82) is 0 Å². The molecule has 1 aromatic heterocycles. The summed E-state index contributed by atoms with van der Waals surface area (Å²) in [5.41, 5.74) is 0. The lowest BCUT2D eigenvalue weighted by atomic mass is 10.5. The second kappa shape index (κ2) is 1.25. The van der Waals surface area contributed by atoms with Crippen molar-refractivity contribution < 1.29 is 4.74 Å². The van der Waals surface area contributed by atoms with Crippen molar-refractivity contribution in [2.75, 3.05) is 6.61 Å². The molecule has 0 spiro atoms. The zero-order valence-corrected chi connectivity index (χ0v) is 4.03. The normalized spacial score (nSPS) is 25.8. The fourth-order valence-electron chi connectivity index (χ4n) is 0.503. The molecule has 1 aliphatic heterocycles. The standard InChI is InChI=1S/C3H4N4O/c1-2(8-1)3-4-6-7-5-3/h2H,1H2,(H,4,5,6,7)/t2-/m0/s1. The van der Waals surface area contributed by atoms with Crippen LogP contribution >= 0.6 is 0 Å². The third-order valence-corrected chi connectivity index (χ3v) is 0.983. The Bertz CT molecular complexity index is 167. The lowest BCUT2D eigenvalue weighted by molar-refractivity contribution is 0.406. The van der Waals surface area contributed by atoms with Gasteiger partial charge in [-0.2, -0.15) is 5.21 Å². The highest BCUT2D eigenvalue weighted by Gasteiger charge is 2.28. The molecular formula is C3H4N4O. The molecule has 1 atom stereocenters. The van der Waals surface area contributed by atoms with Gasteiger partial charge in [0.25, 0.3) is 0 Å². The van der Waals surface area contributed by atoms with Crippen molar-refractivity contribution in [2.45, 2.75) is 6.10 Å². The summed E-state index contributed by atoms with van der Waals surface area (Å²) in [5.74, 6) is 0.657. The molecule has 1 aliphatic rings. The molecule has 1 aromatic rings. The number of tetrazole rings is 1. The van der Waals surface area contributed by atoms with Gasteiger partial charge in [0.05, 0.1) is 6.61 Å². The van der Waals surface area contributed by atoms with Gasteiger partial charge in [0.1, 0.15) is 6.10 Å². The van der Waals surface area contributed by atoms with Crippen LogP contribution in [0, 0.1) is 0 Å². The van der Waals surface area contributed by atoms with Gasteiger partial charge in [0.15, 0.2) is 0 Å². The minimum absolute atomic E-state index is 0.119. The molecule has 2 rings (SSSR count). The Labute approximate surface area is 45.0 Å². The first-order valence-electron chi connectivity index (χ1n) is 2.32. The summed E-state index contributed by atoms with van der Waals surface area (Å²) in [6.45, 7) is 0.736. The Morgan fingerprint density at radius 2 is 2.62 bits per heavy atom. The molecule has 0 bridgehead atoms. The van der Waals surface area contributed by atoms with E-state index in [4.69, 9.17) is 4.74 Å². The molecule has 0 radical (unpaired) electrons. The number of hydrogen-bond acceptors (Lipinski definition) is 4. The first-order valence-corrected chi connectivity index (χ1v) is 2.32. The van der Waals surface area contributed by atoms with Crippen molar-refractivity contribution >= 4 is 0 Å². The average Bonchev–Trinajstić information content (AvgIpc) is 2.49. The summed E-state index contributed by atoms with van der Waals surface area (Å²) in [6, 6.07) is 0. The van der Waals surface area contributed by atoms with Crippen LogP contribution in [0.2, 0.25) is 0 Å². The van der Waals surface area contributed by atoms with Gasteiger partial charge in [-0.1, -0.05) is 5.21 Å². The first kappa shape index (κ1) is 3.96. The molecule has 0 saturated carbocycles. The molecule has 8 heavy (non-hydrogen) atoms. The van der Waals surface area contributed by atoms with E-state index in [2.05, 4.69) is 20.6 Å². The van der Waals surface area contributed by atoms with E-state index in [9.17, 15) is 0 Å². The topological polar surface area (TPSA) is 67.0 Å². The minimum atomic E-state index is 0.119. The predicted molar refractivity (Wildman–Crippen MR) is 22.9 cm³/mol. The summed E-state index contributed by atoms with van der Waals surface area (Å²) in [6.07, 6.45) is 0.119. The number of aromatic amines is 1. The van der Waals surface area contributed by atoms with Crippen LogP contribution in [0.4, 0.5) is 0 Å². The summed E-state index contributed by atoms with van der Waals surface area (Å²) in [7, 11) is 0. The fourth-order valence-corrected chi connectivity index (χ4v) is 0.503. The molecule has 5 heteroatoms. The number of ether oxygens (including phenoxy) is 1. The van der Waals surface area contributed by atoms with Crippen LogP contribution in [0.3, 0.4) is 0 Å². The van der Waals surface area contributed by atoms with E-state index in [0.29, 0.717) is 5.82 Å². The highest BCUT2D eigenvalue weighted by Crippen LogP contribution is 2.24. The highest BCUT2D eigenvalue weighted by molar-refractivity contribution is 4.90. The summed E-state index contributed by atoms with van der Waals surface area (Å²) >= 11 is 0. The maximum absolute atomic E-state index is 4.87. The lowest BCUT2D eigenvalue weighted by Gasteiger charge is -1.73. The van der Waals surface area contributed by atoms with Crippen LogP contribution in [0.5, 0.6) is 0 Å². The zero-order chi connectivity index (χ0) is 5.40. The molecule has 0 amide bonds. The smallest absolute Gasteiger partial charge is 0.205 e. The molecule has 0 aromatic carbocycles. The number of H-pyrrole nitrogens is 1. The third kappa shape index (κ3) is 0.481. The quantitative estimate of drug-likeness (QED) is 0.486. The second-order valence-electron chi connectivity index (χ2n) is 1.59.